The third-order valence-corrected chi connectivity index (χ3v) is 3.04. The van der Waals surface area contributed by atoms with Gasteiger partial charge in [0.15, 0.2) is 0 Å². The number of hydrogen-bond acceptors (Lipinski definition) is 3. The maximum absolute atomic E-state index is 11.5. The molecule has 0 aromatic carbocycles. The van der Waals surface area contributed by atoms with Crippen LogP contribution in [0.4, 0.5) is 0 Å². The van der Waals surface area contributed by atoms with Gasteiger partial charge in [-0.1, -0.05) is 0 Å². The predicted octanol–water partition coefficient (Wildman–Crippen LogP) is -0.185. The Morgan fingerprint density at radius 2 is 2.36 bits per heavy atom. The predicted molar refractivity (Wildman–Crippen MR) is 53.1 cm³/mol. The lowest BCUT2D eigenvalue weighted by molar-refractivity contribution is -0.132. The van der Waals surface area contributed by atoms with E-state index in [1.165, 1.54) is 4.90 Å². The molecule has 0 aliphatic carbocycles. The number of rotatable bonds is 4. The molecule has 1 aliphatic rings. The Kier molecular flexibility index (Phi) is 4.16. The number of alkyl halides is 1. The maximum Gasteiger partial charge on any atom is 0.223 e. The molecule has 4 nitrogen and oxygen atoms in total. The number of carbonyl (C=O) groups excluding carboxylic acids is 1. The van der Waals surface area contributed by atoms with Gasteiger partial charge in [-0.3, -0.25) is 4.79 Å². The van der Waals surface area contributed by atoms with E-state index < -0.39 is 12.1 Å². The molecule has 1 fully saturated rings. The van der Waals surface area contributed by atoms with E-state index in [4.69, 9.17) is 16.7 Å². The lowest BCUT2D eigenvalue weighted by atomic mass is 10.1. The molecule has 0 spiro atoms. The first-order chi connectivity index (χ1) is 6.60. The van der Waals surface area contributed by atoms with Crippen LogP contribution in [0.2, 0.25) is 0 Å². The van der Waals surface area contributed by atoms with E-state index in [2.05, 4.69) is 0 Å². The van der Waals surface area contributed by atoms with Gasteiger partial charge in [-0.25, -0.2) is 0 Å². The van der Waals surface area contributed by atoms with Gasteiger partial charge in [-0.15, -0.1) is 11.6 Å². The molecule has 1 heterocycles. The van der Waals surface area contributed by atoms with Gasteiger partial charge in [0.25, 0.3) is 0 Å². The summed E-state index contributed by atoms with van der Waals surface area (Å²) in [5.74, 6) is 0.563. The molecular weight excluding hydrogens is 206 g/mol. The first kappa shape index (κ1) is 11.8. The molecule has 0 aromatic rings. The smallest absolute Gasteiger partial charge is 0.223 e. The van der Waals surface area contributed by atoms with Gasteiger partial charge in [-0.05, 0) is 12.8 Å². The number of aliphatic hydroxyl groups is 2. The highest BCUT2D eigenvalue weighted by atomic mass is 35.5. The number of nitrogens with zero attached hydrogens (tertiary/aromatic N) is 1. The Morgan fingerprint density at radius 1 is 1.71 bits per heavy atom. The molecule has 5 heteroatoms. The molecule has 0 bridgehead atoms. The Bertz CT molecular complexity index is 210. The topological polar surface area (TPSA) is 60.8 Å². The Hall–Kier alpha value is -0.320. The monoisotopic (exact) mass is 221 g/mol. The highest BCUT2D eigenvalue weighted by molar-refractivity contribution is 6.18. The average Bonchev–Trinajstić information content (AvgIpc) is 2.48. The first-order valence-corrected chi connectivity index (χ1v) is 5.28. The molecule has 1 saturated heterocycles. The summed E-state index contributed by atoms with van der Waals surface area (Å²) < 4.78 is 0. The maximum atomic E-state index is 11.5. The van der Waals surface area contributed by atoms with Gasteiger partial charge in [0.1, 0.15) is 0 Å². The number of amides is 1. The van der Waals surface area contributed by atoms with Crippen LogP contribution in [0, 0.1) is 5.92 Å². The zero-order valence-corrected chi connectivity index (χ0v) is 8.94. The number of carbonyl (C=O) groups is 1. The van der Waals surface area contributed by atoms with Crippen molar-refractivity contribution in [3.8, 4) is 0 Å². The lowest BCUT2D eigenvalue weighted by Crippen LogP contribution is -2.45. The van der Waals surface area contributed by atoms with Gasteiger partial charge in [0.05, 0.1) is 18.8 Å². The summed E-state index contributed by atoms with van der Waals surface area (Å²) in [7, 11) is 0. The molecule has 1 aliphatic heterocycles. The van der Waals surface area contributed by atoms with Crippen LogP contribution in [-0.4, -0.2) is 52.2 Å². The van der Waals surface area contributed by atoms with Crippen molar-refractivity contribution in [3.05, 3.63) is 0 Å². The Morgan fingerprint density at radius 3 is 2.71 bits per heavy atom. The van der Waals surface area contributed by atoms with Crippen molar-refractivity contribution in [2.24, 2.45) is 5.92 Å². The molecule has 3 atom stereocenters. The lowest BCUT2D eigenvalue weighted by Gasteiger charge is -2.28. The average molecular weight is 222 g/mol. The van der Waals surface area contributed by atoms with E-state index in [0.29, 0.717) is 18.8 Å². The van der Waals surface area contributed by atoms with Crippen molar-refractivity contribution in [2.75, 3.05) is 19.0 Å². The minimum atomic E-state index is -0.710. The van der Waals surface area contributed by atoms with Gasteiger partial charge >= 0.3 is 0 Å². The molecule has 0 aromatic heterocycles. The minimum absolute atomic E-state index is 0.0319. The minimum Gasteiger partial charge on any atom is -0.394 e. The van der Waals surface area contributed by atoms with Crippen LogP contribution in [0.3, 0.4) is 0 Å². The zero-order chi connectivity index (χ0) is 10.7. The molecule has 0 saturated carbocycles. The zero-order valence-electron chi connectivity index (χ0n) is 8.19. The van der Waals surface area contributed by atoms with E-state index in [1.54, 1.807) is 6.92 Å². The summed E-state index contributed by atoms with van der Waals surface area (Å²) in [4.78, 5) is 13.0. The van der Waals surface area contributed by atoms with Crippen LogP contribution in [0.5, 0.6) is 0 Å². The molecule has 14 heavy (non-hydrogen) atoms. The van der Waals surface area contributed by atoms with Crippen LogP contribution in [0.25, 0.3) is 0 Å². The van der Waals surface area contributed by atoms with Crippen LogP contribution in [-0.2, 0) is 4.79 Å². The first-order valence-electron chi connectivity index (χ1n) is 4.74. The fraction of sp³-hybridized carbons (Fsp3) is 0.889. The van der Waals surface area contributed by atoms with E-state index in [0.717, 1.165) is 0 Å². The normalized spacial score (nSPS) is 26.7. The largest absolute Gasteiger partial charge is 0.394 e. The number of hydrogen-bond donors (Lipinski definition) is 2. The van der Waals surface area contributed by atoms with Gasteiger partial charge in [-0.2, -0.15) is 0 Å². The number of likely N-dealkylation sites (tertiary alicyclic amines) is 1. The molecule has 1 amide bonds. The van der Waals surface area contributed by atoms with Crippen molar-refractivity contribution in [2.45, 2.75) is 25.5 Å². The second-order valence-electron chi connectivity index (χ2n) is 3.76. The fourth-order valence-corrected chi connectivity index (χ4v) is 1.95. The third kappa shape index (κ3) is 2.38. The quantitative estimate of drug-likeness (QED) is 0.648. The van der Waals surface area contributed by atoms with Crippen molar-refractivity contribution in [3.63, 3.8) is 0 Å². The fourth-order valence-electron chi connectivity index (χ4n) is 1.74. The summed E-state index contributed by atoms with van der Waals surface area (Å²) >= 11 is 5.66. The summed E-state index contributed by atoms with van der Waals surface area (Å²) in [6.07, 6.45) is -0.287. The SMILES string of the molecule is C[C@@H](O)[C@@H](CO)N1CC(CCl)CC1=O. The summed E-state index contributed by atoms with van der Waals surface area (Å²) in [5.41, 5.74) is 0. The van der Waals surface area contributed by atoms with Crippen molar-refractivity contribution in [1.29, 1.82) is 0 Å². The molecule has 82 valence electrons. The molecular formula is C9H16ClNO3. The van der Waals surface area contributed by atoms with E-state index >= 15 is 0 Å². The summed E-state index contributed by atoms with van der Waals surface area (Å²) in [5, 5.41) is 18.4. The summed E-state index contributed by atoms with van der Waals surface area (Å²) in [6, 6.07) is -0.490. The second kappa shape index (κ2) is 4.96. The highest BCUT2D eigenvalue weighted by Gasteiger charge is 2.35. The molecule has 0 radical (unpaired) electrons. The Balaban J connectivity index is 2.63. The van der Waals surface area contributed by atoms with Crippen LogP contribution in [0.15, 0.2) is 0 Å². The third-order valence-electron chi connectivity index (χ3n) is 2.60. The van der Waals surface area contributed by atoms with Crippen LogP contribution in [0.1, 0.15) is 13.3 Å². The highest BCUT2D eigenvalue weighted by Crippen LogP contribution is 2.22. The van der Waals surface area contributed by atoms with Gasteiger partial charge < -0.3 is 15.1 Å². The van der Waals surface area contributed by atoms with E-state index in [1.807, 2.05) is 0 Å². The van der Waals surface area contributed by atoms with Crippen LogP contribution < -0.4 is 0 Å². The van der Waals surface area contributed by atoms with Gasteiger partial charge in [0.2, 0.25) is 5.91 Å². The van der Waals surface area contributed by atoms with E-state index in [9.17, 15) is 9.90 Å². The van der Waals surface area contributed by atoms with Crippen molar-refractivity contribution >= 4 is 17.5 Å². The molecule has 2 N–H and O–H groups in total. The van der Waals surface area contributed by atoms with E-state index in [-0.39, 0.29) is 18.4 Å². The Labute approximate surface area is 88.5 Å². The van der Waals surface area contributed by atoms with Crippen molar-refractivity contribution < 1.29 is 15.0 Å². The number of halogens is 1. The molecule has 1 unspecified atom stereocenters. The summed E-state index contributed by atoms with van der Waals surface area (Å²) in [6.45, 7) is 1.90. The standard InChI is InChI=1S/C9H16ClNO3/c1-6(13)8(5-12)11-4-7(3-10)2-9(11)14/h6-8,12-13H,2-5H2,1H3/t6-,7?,8-/m1/s1. The van der Waals surface area contributed by atoms with Crippen LogP contribution >= 0.6 is 11.6 Å². The van der Waals surface area contributed by atoms with Gasteiger partial charge in [0, 0.05) is 18.8 Å². The van der Waals surface area contributed by atoms with Crippen molar-refractivity contribution in [1.82, 2.24) is 4.90 Å². The second-order valence-corrected chi connectivity index (χ2v) is 4.07. The molecule has 1 rings (SSSR count). The number of aliphatic hydroxyl groups excluding tert-OH is 2.